The third kappa shape index (κ3) is 4.09. The van der Waals surface area contributed by atoms with Gasteiger partial charge in [0.15, 0.2) is 0 Å². The minimum absolute atomic E-state index is 0.741. The van der Waals surface area contributed by atoms with Gasteiger partial charge in [0.1, 0.15) is 0 Å². The summed E-state index contributed by atoms with van der Waals surface area (Å²) in [7, 11) is 1.96. The van der Waals surface area contributed by atoms with Gasteiger partial charge in [0.05, 0.1) is 5.02 Å². The number of nitrogens with one attached hydrogen (secondary N) is 1. The zero-order chi connectivity index (χ0) is 10.4. The second kappa shape index (κ2) is 6.57. The van der Waals surface area contributed by atoms with Crippen molar-refractivity contribution in [2.75, 3.05) is 19.3 Å². The topological polar surface area (TPSA) is 12.0 Å². The van der Waals surface area contributed by atoms with Crippen LogP contribution in [0.15, 0.2) is 23.1 Å². The highest BCUT2D eigenvalue weighted by molar-refractivity contribution is 7.99. The van der Waals surface area contributed by atoms with Crippen LogP contribution in [-0.4, -0.2) is 19.3 Å². The van der Waals surface area contributed by atoms with Crippen molar-refractivity contribution < 1.29 is 0 Å². The average molecular weight is 250 g/mol. The first-order valence-electron chi connectivity index (χ1n) is 4.46. The van der Waals surface area contributed by atoms with Crippen LogP contribution in [-0.2, 0) is 0 Å². The quantitative estimate of drug-likeness (QED) is 0.631. The molecule has 0 aliphatic carbocycles. The van der Waals surface area contributed by atoms with Gasteiger partial charge in [-0.15, -0.1) is 11.8 Å². The molecule has 1 rings (SSSR count). The molecule has 0 saturated carbocycles. The van der Waals surface area contributed by atoms with E-state index in [-0.39, 0.29) is 0 Å². The number of rotatable bonds is 5. The molecule has 0 bridgehead atoms. The Morgan fingerprint density at radius 2 is 2.14 bits per heavy atom. The summed E-state index contributed by atoms with van der Waals surface area (Å²) in [6.07, 6.45) is 1.13. The van der Waals surface area contributed by atoms with Crippen LogP contribution in [0.2, 0.25) is 10.0 Å². The molecule has 1 aromatic rings. The Hall–Kier alpha value is 0.110. The maximum absolute atomic E-state index is 6.01. The Labute approximate surface area is 99.2 Å². The van der Waals surface area contributed by atoms with E-state index in [2.05, 4.69) is 5.32 Å². The van der Waals surface area contributed by atoms with E-state index in [1.807, 2.05) is 25.2 Å². The van der Waals surface area contributed by atoms with Crippen LogP contribution in [0.5, 0.6) is 0 Å². The molecule has 0 aliphatic rings. The molecule has 0 aromatic heterocycles. The summed E-state index contributed by atoms with van der Waals surface area (Å²) in [4.78, 5) is 1.07. The highest BCUT2D eigenvalue weighted by Gasteiger charge is 2.01. The molecule has 0 saturated heterocycles. The first-order valence-corrected chi connectivity index (χ1v) is 6.20. The third-order valence-electron chi connectivity index (χ3n) is 1.72. The molecule has 0 aliphatic heterocycles. The molecular weight excluding hydrogens is 237 g/mol. The molecule has 0 spiro atoms. The minimum atomic E-state index is 0.741. The van der Waals surface area contributed by atoms with Crippen LogP contribution in [0.4, 0.5) is 0 Å². The molecule has 0 fully saturated rings. The Balaban J connectivity index is 2.45. The van der Waals surface area contributed by atoms with Gasteiger partial charge in [0.25, 0.3) is 0 Å². The first-order chi connectivity index (χ1) is 6.74. The zero-order valence-corrected chi connectivity index (χ0v) is 10.3. The summed E-state index contributed by atoms with van der Waals surface area (Å²) in [5.41, 5.74) is 0. The van der Waals surface area contributed by atoms with E-state index in [0.29, 0.717) is 0 Å². The SMILES string of the molecule is CNCCCSc1cc(Cl)ccc1Cl. The summed E-state index contributed by atoms with van der Waals surface area (Å²) < 4.78 is 0. The van der Waals surface area contributed by atoms with Crippen molar-refractivity contribution in [3.8, 4) is 0 Å². The normalized spacial score (nSPS) is 10.5. The third-order valence-corrected chi connectivity index (χ3v) is 3.54. The molecule has 1 aromatic carbocycles. The van der Waals surface area contributed by atoms with E-state index in [1.54, 1.807) is 11.8 Å². The van der Waals surface area contributed by atoms with Crippen molar-refractivity contribution in [1.29, 1.82) is 0 Å². The van der Waals surface area contributed by atoms with E-state index in [9.17, 15) is 0 Å². The summed E-state index contributed by atoms with van der Waals surface area (Å²) in [6, 6.07) is 5.56. The number of halogens is 2. The predicted octanol–water partition coefficient (Wildman–Crippen LogP) is 3.70. The summed E-state index contributed by atoms with van der Waals surface area (Å²) in [6.45, 7) is 1.03. The largest absolute Gasteiger partial charge is 0.320 e. The zero-order valence-electron chi connectivity index (χ0n) is 8.02. The van der Waals surface area contributed by atoms with Crippen LogP contribution in [0, 0.1) is 0 Å². The predicted molar refractivity (Wildman–Crippen MR) is 65.7 cm³/mol. The van der Waals surface area contributed by atoms with Crippen LogP contribution in [0.3, 0.4) is 0 Å². The van der Waals surface area contributed by atoms with Gasteiger partial charge < -0.3 is 5.32 Å². The fraction of sp³-hybridized carbons (Fsp3) is 0.400. The van der Waals surface area contributed by atoms with Crippen LogP contribution < -0.4 is 5.32 Å². The molecule has 0 radical (unpaired) electrons. The molecule has 0 atom stereocenters. The number of hydrogen-bond donors (Lipinski definition) is 1. The van der Waals surface area contributed by atoms with Gasteiger partial charge >= 0.3 is 0 Å². The highest BCUT2D eigenvalue weighted by atomic mass is 35.5. The fourth-order valence-electron chi connectivity index (χ4n) is 1.02. The van der Waals surface area contributed by atoms with Crippen molar-refractivity contribution in [3.63, 3.8) is 0 Å². The van der Waals surface area contributed by atoms with Crippen LogP contribution in [0.25, 0.3) is 0 Å². The van der Waals surface area contributed by atoms with Crippen molar-refractivity contribution in [2.45, 2.75) is 11.3 Å². The van der Waals surface area contributed by atoms with Crippen molar-refractivity contribution >= 4 is 35.0 Å². The summed E-state index contributed by atoms with van der Waals surface area (Å²) in [5, 5.41) is 4.63. The lowest BCUT2D eigenvalue weighted by molar-refractivity contribution is 0.778. The first kappa shape index (κ1) is 12.2. The Bertz CT molecular complexity index is 291. The van der Waals surface area contributed by atoms with Gasteiger partial charge in [-0.1, -0.05) is 23.2 Å². The lowest BCUT2D eigenvalue weighted by atomic mass is 10.4. The van der Waals surface area contributed by atoms with Crippen molar-refractivity contribution in [2.24, 2.45) is 0 Å². The molecule has 0 unspecified atom stereocenters. The van der Waals surface area contributed by atoms with Gasteiger partial charge in [-0.2, -0.15) is 0 Å². The Kier molecular flexibility index (Phi) is 5.71. The van der Waals surface area contributed by atoms with E-state index in [4.69, 9.17) is 23.2 Å². The second-order valence-electron chi connectivity index (χ2n) is 2.88. The molecule has 1 N–H and O–H groups in total. The average Bonchev–Trinajstić information content (AvgIpc) is 2.18. The van der Waals surface area contributed by atoms with E-state index < -0.39 is 0 Å². The second-order valence-corrected chi connectivity index (χ2v) is 4.86. The van der Waals surface area contributed by atoms with Gasteiger partial charge in [0, 0.05) is 9.92 Å². The molecule has 1 nitrogen and oxygen atoms in total. The number of thioether (sulfide) groups is 1. The molecule has 78 valence electrons. The van der Waals surface area contributed by atoms with Crippen molar-refractivity contribution in [3.05, 3.63) is 28.2 Å². The van der Waals surface area contributed by atoms with Crippen LogP contribution >= 0.6 is 35.0 Å². The summed E-state index contributed by atoms with van der Waals surface area (Å²) in [5.74, 6) is 1.06. The number of benzene rings is 1. The monoisotopic (exact) mass is 249 g/mol. The lowest BCUT2D eigenvalue weighted by Crippen LogP contribution is -2.07. The number of hydrogen-bond acceptors (Lipinski definition) is 2. The molecule has 0 amide bonds. The molecular formula is C10H13Cl2NS. The smallest absolute Gasteiger partial charge is 0.0542 e. The molecule has 14 heavy (non-hydrogen) atoms. The maximum Gasteiger partial charge on any atom is 0.0542 e. The highest BCUT2D eigenvalue weighted by Crippen LogP contribution is 2.29. The van der Waals surface area contributed by atoms with Gasteiger partial charge in [0.2, 0.25) is 0 Å². The van der Waals surface area contributed by atoms with Gasteiger partial charge in [-0.3, -0.25) is 0 Å². The van der Waals surface area contributed by atoms with E-state index in [1.165, 1.54) is 0 Å². The van der Waals surface area contributed by atoms with Gasteiger partial charge in [-0.25, -0.2) is 0 Å². The Morgan fingerprint density at radius 3 is 2.86 bits per heavy atom. The maximum atomic E-state index is 6.01. The molecule has 0 heterocycles. The minimum Gasteiger partial charge on any atom is -0.320 e. The van der Waals surface area contributed by atoms with E-state index >= 15 is 0 Å². The van der Waals surface area contributed by atoms with Crippen LogP contribution in [0.1, 0.15) is 6.42 Å². The van der Waals surface area contributed by atoms with Gasteiger partial charge in [-0.05, 0) is 44.0 Å². The van der Waals surface area contributed by atoms with E-state index in [0.717, 1.165) is 33.7 Å². The lowest BCUT2D eigenvalue weighted by Gasteiger charge is -2.04. The standard InChI is InChI=1S/C10H13Cl2NS/c1-13-5-2-6-14-10-7-8(11)3-4-9(10)12/h3-4,7,13H,2,5-6H2,1H3. The fourth-order valence-corrected chi connectivity index (χ4v) is 2.46. The summed E-state index contributed by atoms with van der Waals surface area (Å²) >= 11 is 13.6. The van der Waals surface area contributed by atoms with Crippen molar-refractivity contribution in [1.82, 2.24) is 5.32 Å². The molecule has 4 heteroatoms. The Morgan fingerprint density at radius 1 is 1.36 bits per heavy atom.